The highest BCUT2D eigenvalue weighted by Gasteiger charge is 2.35. The fourth-order valence-corrected chi connectivity index (χ4v) is 2.34. The highest BCUT2D eigenvalue weighted by atomic mass is 16.4. The van der Waals surface area contributed by atoms with Crippen LogP contribution in [0.5, 0.6) is 0 Å². The Kier molecular flexibility index (Phi) is 4.52. The van der Waals surface area contributed by atoms with Crippen molar-refractivity contribution < 1.29 is 14.7 Å². The minimum absolute atomic E-state index is 0.0237. The molecule has 0 heterocycles. The van der Waals surface area contributed by atoms with Gasteiger partial charge in [0.2, 0.25) is 5.91 Å². The van der Waals surface area contributed by atoms with Crippen LogP contribution in [0, 0.1) is 0 Å². The monoisotopic (exact) mass is 225 g/mol. The maximum atomic E-state index is 11.5. The van der Waals surface area contributed by atoms with E-state index in [1.807, 2.05) is 0 Å². The van der Waals surface area contributed by atoms with Crippen molar-refractivity contribution in [3.63, 3.8) is 0 Å². The molecule has 4 nitrogen and oxygen atoms in total. The Balaban J connectivity index is 2.65. The molecule has 0 aliphatic heterocycles. The number of carboxylic acids is 1. The molecule has 1 rings (SSSR count). The smallest absolute Gasteiger partial charge is 0.305 e. The van der Waals surface area contributed by atoms with E-state index >= 15 is 0 Å². The van der Waals surface area contributed by atoms with Gasteiger partial charge in [-0.15, -0.1) is 6.58 Å². The van der Waals surface area contributed by atoms with Crippen molar-refractivity contribution in [3.8, 4) is 0 Å². The molecule has 0 aromatic rings. The summed E-state index contributed by atoms with van der Waals surface area (Å²) in [7, 11) is 0. The SMILES string of the molecule is C=CCC(=O)NC1(CC(=O)O)CCCCC1. The third-order valence-electron chi connectivity index (χ3n) is 3.03. The number of nitrogens with one attached hydrogen (secondary N) is 1. The first-order valence-electron chi connectivity index (χ1n) is 5.72. The molecule has 1 aliphatic rings. The average molecular weight is 225 g/mol. The summed E-state index contributed by atoms with van der Waals surface area (Å²) < 4.78 is 0. The van der Waals surface area contributed by atoms with Crippen LogP contribution in [0.4, 0.5) is 0 Å². The average Bonchev–Trinajstić information content (AvgIpc) is 2.17. The number of carbonyl (C=O) groups excluding carboxylic acids is 1. The highest BCUT2D eigenvalue weighted by molar-refractivity contribution is 5.79. The van der Waals surface area contributed by atoms with E-state index in [1.54, 1.807) is 0 Å². The van der Waals surface area contributed by atoms with E-state index < -0.39 is 11.5 Å². The zero-order chi connectivity index (χ0) is 12.0. The van der Waals surface area contributed by atoms with E-state index in [0.717, 1.165) is 32.1 Å². The summed E-state index contributed by atoms with van der Waals surface area (Å²) >= 11 is 0. The molecule has 0 aromatic heterocycles. The summed E-state index contributed by atoms with van der Waals surface area (Å²) in [6, 6.07) is 0. The predicted octanol–water partition coefficient (Wildman–Crippen LogP) is 1.86. The van der Waals surface area contributed by atoms with E-state index in [2.05, 4.69) is 11.9 Å². The summed E-state index contributed by atoms with van der Waals surface area (Å²) in [5.41, 5.74) is -0.524. The first-order valence-corrected chi connectivity index (χ1v) is 5.72. The molecule has 1 saturated carbocycles. The minimum Gasteiger partial charge on any atom is -0.481 e. The lowest BCUT2D eigenvalue weighted by atomic mass is 9.79. The maximum Gasteiger partial charge on any atom is 0.305 e. The van der Waals surface area contributed by atoms with Crippen LogP contribution >= 0.6 is 0 Å². The normalized spacial score (nSPS) is 18.8. The van der Waals surface area contributed by atoms with Crippen LogP contribution in [0.25, 0.3) is 0 Å². The van der Waals surface area contributed by atoms with Crippen LogP contribution in [-0.4, -0.2) is 22.5 Å². The Morgan fingerprint density at radius 2 is 1.94 bits per heavy atom. The van der Waals surface area contributed by atoms with Crippen molar-refractivity contribution in [1.29, 1.82) is 0 Å². The summed E-state index contributed by atoms with van der Waals surface area (Å²) in [6.45, 7) is 3.50. The van der Waals surface area contributed by atoms with Gasteiger partial charge in [-0.05, 0) is 12.8 Å². The lowest BCUT2D eigenvalue weighted by molar-refractivity contribution is -0.139. The topological polar surface area (TPSA) is 66.4 Å². The van der Waals surface area contributed by atoms with Gasteiger partial charge in [-0.1, -0.05) is 25.3 Å². The molecular formula is C12H19NO3. The Morgan fingerprint density at radius 1 is 1.31 bits per heavy atom. The number of hydrogen-bond donors (Lipinski definition) is 2. The van der Waals surface area contributed by atoms with Gasteiger partial charge in [-0.3, -0.25) is 9.59 Å². The lowest BCUT2D eigenvalue weighted by Gasteiger charge is -2.36. The van der Waals surface area contributed by atoms with Crippen LogP contribution in [0.1, 0.15) is 44.9 Å². The molecule has 0 saturated heterocycles. The quantitative estimate of drug-likeness (QED) is 0.702. The van der Waals surface area contributed by atoms with Gasteiger partial charge < -0.3 is 10.4 Å². The third-order valence-corrected chi connectivity index (χ3v) is 3.03. The van der Waals surface area contributed by atoms with Gasteiger partial charge in [0.1, 0.15) is 0 Å². The second-order valence-electron chi connectivity index (χ2n) is 4.45. The molecule has 0 atom stereocenters. The molecule has 0 unspecified atom stereocenters. The first-order chi connectivity index (χ1) is 7.58. The molecule has 1 fully saturated rings. The van der Waals surface area contributed by atoms with Crippen molar-refractivity contribution in [2.75, 3.05) is 0 Å². The Labute approximate surface area is 95.7 Å². The summed E-state index contributed by atoms with van der Waals surface area (Å²) in [6.07, 6.45) is 6.44. The summed E-state index contributed by atoms with van der Waals surface area (Å²) in [5, 5.41) is 11.8. The number of aliphatic carboxylic acids is 1. The van der Waals surface area contributed by atoms with Crippen LogP contribution in [0.15, 0.2) is 12.7 Å². The molecule has 90 valence electrons. The zero-order valence-corrected chi connectivity index (χ0v) is 9.50. The summed E-state index contributed by atoms with van der Waals surface area (Å²) in [5.74, 6) is -0.973. The van der Waals surface area contributed by atoms with Crippen LogP contribution in [0.3, 0.4) is 0 Å². The first kappa shape index (κ1) is 12.7. The predicted molar refractivity (Wildman–Crippen MR) is 61.0 cm³/mol. The molecule has 1 aliphatic carbocycles. The van der Waals surface area contributed by atoms with Gasteiger partial charge in [0.15, 0.2) is 0 Å². The molecule has 0 aromatic carbocycles. The van der Waals surface area contributed by atoms with E-state index in [9.17, 15) is 9.59 Å². The molecule has 1 amide bonds. The van der Waals surface area contributed by atoms with Crippen molar-refractivity contribution >= 4 is 11.9 Å². The zero-order valence-electron chi connectivity index (χ0n) is 9.50. The van der Waals surface area contributed by atoms with E-state index in [1.165, 1.54) is 6.08 Å². The Morgan fingerprint density at radius 3 is 2.44 bits per heavy atom. The fraction of sp³-hybridized carbons (Fsp3) is 0.667. The maximum absolute atomic E-state index is 11.5. The van der Waals surface area contributed by atoms with Crippen molar-refractivity contribution in [2.45, 2.75) is 50.5 Å². The minimum atomic E-state index is -0.846. The lowest BCUT2D eigenvalue weighted by Crippen LogP contribution is -2.50. The van der Waals surface area contributed by atoms with Crippen molar-refractivity contribution in [1.82, 2.24) is 5.32 Å². The van der Waals surface area contributed by atoms with Gasteiger partial charge in [-0.2, -0.15) is 0 Å². The van der Waals surface area contributed by atoms with Crippen LogP contribution < -0.4 is 5.32 Å². The largest absolute Gasteiger partial charge is 0.481 e. The Bertz CT molecular complexity index is 280. The molecule has 0 spiro atoms. The number of carboxylic acid groups (broad SMARTS) is 1. The van der Waals surface area contributed by atoms with Gasteiger partial charge in [0.05, 0.1) is 12.0 Å². The van der Waals surface area contributed by atoms with Crippen LogP contribution in [-0.2, 0) is 9.59 Å². The highest BCUT2D eigenvalue weighted by Crippen LogP contribution is 2.31. The number of rotatable bonds is 5. The Hall–Kier alpha value is -1.32. The molecular weight excluding hydrogens is 206 g/mol. The van der Waals surface area contributed by atoms with Crippen molar-refractivity contribution in [3.05, 3.63) is 12.7 Å². The van der Waals surface area contributed by atoms with Crippen LogP contribution in [0.2, 0.25) is 0 Å². The van der Waals surface area contributed by atoms with Gasteiger partial charge in [0.25, 0.3) is 0 Å². The molecule has 2 N–H and O–H groups in total. The number of hydrogen-bond acceptors (Lipinski definition) is 2. The van der Waals surface area contributed by atoms with E-state index in [-0.39, 0.29) is 18.7 Å². The number of amides is 1. The third kappa shape index (κ3) is 3.68. The molecule has 0 bridgehead atoms. The standard InChI is InChI=1S/C12H19NO3/c1-2-6-10(14)13-12(9-11(15)16)7-4-3-5-8-12/h2H,1,3-9H2,(H,13,14)(H,15,16). The van der Waals surface area contributed by atoms with E-state index in [4.69, 9.17) is 5.11 Å². The van der Waals surface area contributed by atoms with E-state index in [0.29, 0.717) is 0 Å². The number of carbonyl (C=O) groups is 2. The molecule has 4 heteroatoms. The fourth-order valence-electron chi connectivity index (χ4n) is 2.34. The molecule has 16 heavy (non-hydrogen) atoms. The van der Waals surface area contributed by atoms with Gasteiger partial charge in [0, 0.05) is 6.42 Å². The van der Waals surface area contributed by atoms with Crippen molar-refractivity contribution in [2.24, 2.45) is 0 Å². The van der Waals surface area contributed by atoms with Gasteiger partial charge in [-0.25, -0.2) is 0 Å². The van der Waals surface area contributed by atoms with Gasteiger partial charge >= 0.3 is 5.97 Å². The molecule has 0 radical (unpaired) electrons. The summed E-state index contributed by atoms with van der Waals surface area (Å²) in [4.78, 5) is 22.4. The second-order valence-corrected chi connectivity index (χ2v) is 4.45. The second kappa shape index (κ2) is 5.68.